The van der Waals surface area contributed by atoms with Gasteiger partial charge in [0.15, 0.2) is 0 Å². The number of hydrogen-bond donors (Lipinski definition) is 2. The van der Waals surface area contributed by atoms with Crippen molar-refractivity contribution < 1.29 is 0 Å². The Hall–Kier alpha value is -0.830. The van der Waals surface area contributed by atoms with Gasteiger partial charge >= 0.3 is 0 Å². The first kappa shape index (κ1) is 11.6. The number of imidazole rings is 1. The van der Waals surface area contributed by atoms with Gasteiger partial charge in [-0.15, -0.1) is 0 Å². The maximum Gasteiger partial charge on any atom is 0.107 e. The zero-order chi connectivity index (χ0) is 11.6. The number of aromatic nitrogens is 2. The molecule has 0 spiro atoms. The number of aromatic amines is 1. The molecular weight excluding hydrogens is 198 g/mol. The van der Waals surface area contributed by atoms with Crippen molar-refractivity contribution >= 4 is 0 Å². The summed E-state index contributed by atoms with van der Waals surface area (Å²) in [5.74, 6) is 1.88. The largest absolute Gasteiger partial charge is 0.349 e. The third kappa shape index (κ3) is 2.85. The van der Waals surface area contributed by atoms with Gasteiger partial charge in [0.1, 0.15) is 5.82 Å². The van der Waals surface area contributed by atoms with E-state index >= 15 is 0 Å². The van der Waals surface area contributed by atoms with E-state index in [0.717, 1.165) is 24.7 Å². The minimum atomic E-state index is 0.516. The van der Waals surface area contributed by atoms with E-state index in [1.807, 2.05) is 12.4 Å². The molecule has 1 aromatic heterocycles. The molecule has 0 bridgehead atoms. The average Bonchev–Trinajstić information content (AvgIpc) is 2.75. The quantitative estimate of drug-likeness (QED) is 0.819. The number of nitrogens with one attached hydrogen (secondary N) is 2. The van der Waals surface area contributed by atoms with Crippen LogP contribution in [0, 0.1) is 11.3 Å². The molecule has 2 atom stereocenters. The molecule has 1 heterocycles. The first-order chi connectivity index (χ1) is 7.57. The van der Waals surface area contributed by atoms with E-state index < -0.39 is 0 Å². The molecule has 2 unspecified atom stereocenters. The molecule has 1 aliphatic carbocycles. The Morgan fingerprint density at radius 2 is 2.31 bits per heavy atom. The second-order valence-corrected chi connectivity index (χ2v) is 5.90. The zero-order valence-electron chi connectivity index (χ0n) is 10.6. The van der Waals surface area contributed by atoms with Gasteiger partial charge in [0.2, 0.25) is 0 Å². The number of hydrogen-bond acceptors (Lipinski definition) is 2. The van der Waals surface area contributed by atoms with Gasteiger partial charge in [-0.05, 0) is 24.2 Å². The highest BCUT2D eigenvalue weighted by atomic mass is 14.9. The molecule has 1 aromatic rings. The van der Waals surface area contributed by atoms with Crippen LogP contribution in [-0.4, -0.2) is 22.6 Å². The predicted molar refractivity (Wildman–Crippen MR) is 66.3 cm³/mol. The van der Waals surface area contributed by atoms with Gasteiger partial charge in [-0.3, -0.25) is 0 Å². The zero-order valence-corrected chi connectivity index (χ0v) is 10.6. The van der Waals surface area contributed by atoms with Crippen molar-refractivity contribution in [1.29, 1.82) is 0 Å². The van der Waals surface area contributed by atoms with Crippen molar-refractivity contribution in [2.45, 2.75) is 46.1 Å². The molecule has 3 nitrogen and oxygen atoms in total. The van der Waals surface area contributed by atoms with Crippen LogP contribution in [0.25, 0.3) is 0 Å². The summed E-state index contributed by atoms with van der Waals surface area (Å²) in [6, 6.07) is 0.685. The van der Waals surface area contributed by atoms with Gasteiger partial charge in [0, 0.05) is 31.4 Å². The lowest BCUT2D eigenvalue weighted by Gasteiger charge is -2.18. The lowest BCUT2D eigenvalue weighted by Crippen LogP contribution is -2.33. The third-order valence-electron chi connectivity index (χ3n) is 3.66. The summed E-state index contributed by atoms with van der Waals surface area (Å²) in [5, 5.41) is 3.67. The van der Waals surface area contributed by atoms with Crippen LogP contribution in [0.4, 0.5) is 0 Å². The van der Waals surface area contributed by atoms with E-state index in [2.05, 4.69) is 36.1 Å². The standard InChI is InChI=1S/C13H23N3/c1-10-8-13(2,3)9-11(10)14-5-4-12-15-6-7-16-12/h6-7,10-11,14H,4-5,8-9H2,1-3H3,(H,15,16). The molecule has 0 radical (unpaired) electrons. The predicted octanol–water partition coefficient (Wildman–Crippen LogP) is 2.37. The van der Waals surface area contributed by atoms with Crippen molar-refractivity contribution in [3.63, 3.8) is 0 Å². The maximum absolute atomic E-state index is 4.23. The fourth-order valence-electron chi connectivity index (χ4n) is 2.98. The molecular formula is C13H23N3. The average molecular weight is 221 g/mol. The lowest BCUT2D eigenvalue weighted by molar-refractivity contribution is 0.362. The Kier molecular flexibility index (Phi) is 3.33. The number of rotatable bonds is 4. The highest BCUT2D eigenvalue weighted by Crippen LogP contribution is 2.40. The topological polar surface area (TPSA) is 40.7 Å². The van der Waals surface area contributed by atoms with Crippen molar-refractivity contribution in [3.05, 3.63) is 18.2 Å². The fourth-order valence-corrected chi connectivity index (χ4v) is 2.98. The van der Waals surface area contributed by atoms with Gasteiger partial charge < -0.3 is 10.3 Å². The van der Waals surface area contributed by atoms with E-state index in [9.17, 15) is 0 Å². The van der Waals surface area contributed by atoms with E-state index in [0.29, 0.717) is 11.5 Å². The molecule has 1 saturated carbocycles. The Labute approximate surface area is 98.1 Å². The van der Waals surface area contributed by atoms with Crippen molar-refractivity contribution in [2.24, 2.45) is 11.3 Å². The van der Waals surface area contributed by atoms with Crippen LogP contribution in [0.2, 0.25) is 0 Å². The minimum absolute atomic E-state index is 0.516. The smallest absolute Gasteiger partial charge is 0.107 e. The Bertz CT molecular complexity index is 316. The van der Waals surface area contributed by atoms with E-state index in [-0.39, 0.29) is 0 Å². The summed E-state index contributed by atoms with van der Waals surface area (Å²) < 4.78 is 0. The summed E-state index contributed by atoms with van der Waals surface area (Å²) in [6.07, 6.45) is 7.33. The van der Waals surface area contributed by atoms with Crippen molar-refractivity contribution in [1.82, 2.24) is 15.3 Å². The lowest BCUT2D eigenvalue weighted by atomic mass is 9.91. The van der Waals surface area contributed by atoms with Gasteiger partial charge in [-0.2, -0.15) is 0 Å². The number of nitrogens with zero attached hydrogens (tertiary/aromatic N) is 1. The molecule has 1 fully saturated rings. The second-order valence-electron chi connectivity index (χ2n) is 5.90. The Morgan fingerprint density at radius 3 is 2.88 bits per heavy atom. The van der Waals surface area contributed by atoms with Crippen LogP contribution in [-0.2, 0) is 6.42 Å². The first-order valence-corrected chi connectivity index (χ1v) is 6.28. The third-order valence-corrected chi connectivity index (χ3v) is 3.66. The molecule has 16 heavy (non-hydrogen) atoms. The molecule has 3 heteroatoms. The van der Waals surface area contributed by atoms with Crippen LogP contribution in [0.15, 0.2) is 12.4 Å². The van der Waals surface area contributed by atoms with Gasteiger partial charge in [0.05, 0.1) is 0 Å². The van der Waals surface area contributed by atoms with E-state index in [1.54, 1.807) is 0 Å². The van der Waals surface area contributed by atoms with Gasteiger partial charge in [-0.25, -0.2) is 4.98 Å². The number of H-pyrrole nitrogens is 1. The van der Waals surface area contributed by atoms with Crippen molar-refractivity contribution in [2.75, 3.05) is 6.54 Å². The molecule has 2 rings (SSSR count). The summed E-state index contributed by atoms with van der Waals surface area (Å²) in [5.41, 5.74) is 0.516. The van der Waals surface area contributed by atoms with Crippen LogP contribution in [0.1, 0.15) is 39.4 Å². The van der Waals surface area contributed by atoms with Crippen molar-refractivity contribution in [3.8, 4) is 0 Å². The summed E-state index contributed by atoms with van der Waals surface area (Å²) in [4.78, 5) is 7.37. The maximum atomic E-state index is 4.23. The van der Waals surface area contributed by atoms with E-state index in [1.165, 1.54) is 12.8 Å². The van der Waals surface area contributed by atoms with Crippen LogP contribution in [0.3, 0.4) is 0 Å². The van der Waals surface area contributed by atoms with Gasteiger partial charge in [0.25, 0.3) is 0 Å². The van der Waals surface area contributed by atoms with Crippen LogP contribution in [0.5, 0.6) is 0 Å². The summed E-state index contributed by atoms with van der Waals surface area (Å²) >= 11 is 0. The molecule has 0 saturated heterocycles. The van der Waals surface area contributed by atoms with E-state index in [4.69, 9.17) is 0 Å². The molecule has 0 aromatic carbocycles. The monoisotopic (exact) mass is 221 g/mol. The normalized spacial score (nSPS) is 28.4. The minimum Gasteiger partial charge on any atom is -0.349 e. The SMILES string of the molecule is CC1CC(C)(C)CC1NCCc1ncc[nH]1. The highest BCUT2D eigenvalue weighted by molar-refractivity contribution is 4.93. The molecule has 90 valence electrons. The molecule has 2 N–H and O–H groups in total. The molecule has 1 aliphatic rings. The molecule has 0 aliphatic heterocycles. The van der Waals surface area contributed by atoms with Crippen LogP contribution >= 0.6 is 0 Å². The Balaban J connectivity index is 1.74. The molecule has 0 amide bonds. The first-order valence-electron chi connectivity index (χ1n) is 6.28. The summed E-state index contributed by atoms with van der Waals surface area (Å²) in [6.45, 7) is 8.13. The second kappa shape index (κ2) is 4.58. The van der Waals surface area contributed by atoms with Gasteiger partial charge in [-0.1, -0.05) is 20.8 Å². The highest BCUT2D eigenvalue weighted by Gasteiger charge is 2.35. The van der Waals surface area contributed by atoms with Crippen LogP contribution < -0.4 is 5.32 Å². The fraction of sp³-hybridized carbons (Fsp3) is 0.769. The Morgan fingerprint density at radius 1 is 1.50 bits per heavy atom. The summed E-state index contributed by atoms with van der Waals surface area (Å²) in [7, 11) is 0.